The molecule has 0 aliphatic heterocycles. The number of nitrogens with one attached hydrogen (secondary N) is 1. The van der Waals surface area contributed by atoms with Gasteiger partial charge in [-0.15, -0.1) is 0 Å². The predicted octanol–water partition coefficient (Wildman–Crippen LogP) is 3.57. The van der Waals surface area contributed by atoms with Crippen molar-refractivity contribution in [3.63, 3.8) is 0 Å². The fourth-order valence-corrected chi connectivity index (χ4v) is 2.71. The van der Waals surface area contributed by atoms with Crippen LogP contribution >= 0.6 is 0 Å². The highest BCUT2D eigenvalue weighted by molar-refractivity contribution is 6.01. The fourth-order valence-electron chi connectivity index (χ4n) is 2.71. The van der Waals surface area contributed by atoms with Gasteiger partial charge in [0.2, 0.25) is 0 Å². The van der Waals surface area contributed by atoms with Crippen LogP contribution in [0, 0.1) is 28.9 Å². The van der Waals surface area contributed by atoms with Gasteiger partial charge in [-0.1, -0.05) is 19.8 Å². The Morgan fingerprint density at radius 2 is 2.09 bits per heavy atom. The Bertz CT molecular complexity index is 634. The lowest BCUT2D eigenvalue weighted by Crippen LogP contribution is -2.41. The molecule has 1 aliphatic rings. The van der Waals surface area contributed by atoms with Gasteiger partial charge in [-0.3, -0.25) is 4.79 Å². The summed E-state index contributed by atoms with van der Waals surface area (Å²) in [5, 5.41) is 11.9. The van der Waals surface area contributed by atoms with Crippen molar-refractivity contribution in [3.8, 4) is 6.07 Å². The van der Waals surface area contributed by atoms with E-state index in [4.69, 9.17) is 5.26 Å². The number of carbonyl (C=O) groups is 1. The van der Waals surface area contributed by atoms with Gasteiger partial charge in [0.05, 0.1) is 0 Å². The van der Waals surface area contributed by atoms with Crippen molar-refractivity contribution >= 4 is 12.0 Å². The molecule has 0 saturated heterocycles. The lowest BCUT2D eigenvalue weighted by molar-refractivity contribution is -0.118. The van der Waals surface area contributed by atoms with E-state index in [9.17, 15) is 13.6 Å². The Hall–Kier alpha value is -2.22. The highest BCUT2D eigenvalue weighted by atomic mass is 19.1. The molecule has 1 N–H and O–H groups in total. The summed E-state index contributed by atoms with van der Waals surface area (Å²) in [7, 11) is 0. The molecule has 1 aromatic carbocycles. The molecule has 2 atom stereocenters. The molecule has 5 heteroatoms. The van der Waals surface area contributed by atoms with E-state index in [1.165, 1.54) is 0 Å². The van der Waals surface area contributed by atoms with E-state index in [1.54, 1.807) is 6.07 Å². The largest absolute Gasteiger partial charge is 0.348 e. The number of nitriles is 1. The Labute approximate surface area is 128 Å². The maximum atomic E-state index is 13.6. The van der Waals surface area contributed by atoms with Crippen LogP contribution in [0.2, 0.25) is 0 Å². The van der Waals surface area contributed by atoms with Crippen molar-refractivity contribution < 1.29 is 13.6 Å². The molecule has 0 unspecified atom stereocenters. The first-order valence-corrected chi connectivity index (χ1v) is 7.39. The van der Waals surface area contributed by atoms with Crippen molar-refractivity contribution in [1.29, 1.82) is 5.26 Å². The molecular weight excluding hydrogens is 286 g/mol. The lowest BCUT2D eigenvalue weighted by atomic mass is 9.86. The SMILES string of the molecule is C[C@@H]1CCCC[C@@H]1NC(=O)/C(C#N)=C/c1cc(F)ccc1F. The molecule has 1 aromatic rings. The molecule has 0 aromatic heterocycles. The molecule has 1 saturated carbocycles. The van der Waals surface area contributed by atoms with E-state index in [1.807, 2.05) is 0 Å². The highest BCUT2D eigenvalue weighted by Gasteiger charge is 2.24. The van der Waals surface area contributed by atoms with Gasteiger partial charge in [0.25, 0.3) is 5.91 Å². The summed E-state index contributed by atoms with van der Waals surface area (Å²) in [6.45, 7) is 2.06. The second-order valence-electron chi connectivity index (χ2n) is 5.68. The van der Waals surface area contributed by atoms with E-state index in [0.29, 0.717) is 5.92 Å². The molecule has 116 valence electrons. The van der Waals surface area contributed by atoms with Crippen molar-refractivity contribution in [2.24, 2.45) is 5.92 Å². The van der Waals surface area contributed by atoms with Gasteiger partial charge in [-0.2, -0.15) is 5.26 Å². The monoisotopic (exact) mass is 304 g/mol. The van der Waals surface area contributed by atoms with E-state index >= 15 is 0 Å². The van der Waals surface area contributed by atoms with Gasteiger partial charge in [0.1, 0.15) is 23.3 Å². The number of halogens is 2. The van der Waals surface area contributed by atoms with Gasteiger partial charge in [0.15, 0.2) is 0 Å². The number of carbonyl (C=O) groups excluding carboxylic acids is 1. The van der Waals surface area contributed by atoms with Crippen molar-refractivity contribution in [1.82, 2.24) is 5.32 Å². The average Bonchev–Trinajstić information content (AvgIpc) is 2.50. The van der Waals surface area contributed by atoms with E-state index in [2.05, 4.69) is 12.2 Å². The Balaban J connectivity index is 2.16. The van der Waals surface area contributed by atoms with Crippen molar-refractivity contribution in [2.45, 2.75) is 38.6 Å². The van der Waals surface area contributed by atoms with Crippen LogP contribution in [0.25, 0.3) is 6.08 Å². The zero-order valence-electron chi connectivity index (χ0n) is 12.4. The van der Waals surface area contributed by atoms with Crippen LogP contribution in [-0.2, 0) is 4.79 Å². The third kappa shape index (κ3) is 3.91. The Morgan fingerprint density at radius 3 is 2.77 bits per heavy atom. The van der Waals surface area contributed by atoms with Crippen LogP contribution in [0.15, 0.2) is 23.8 Å². The quantitative estimate of drug-likeness (QED) is 0.685. The summed E-state index contributed by atoms with van der Waals surface area (Å²) < 4.78 is 26.7. The van der Waals surface area contributed by atoms with Gasteiger partial charge < -0.3 is 5.32 Å². The molecule has 2 rings (SSSR count). The molecule has 1 amide bonds. The van der Waals surface area contributed by atoms with Crippen LogP contribution in [0.5, 0.6) is 0 Å². The first-order valence-electron chi connectivity index (χ1n) is 7.39. The maximum absolute atomic E-state index is 13.6. The minimum absolute atomic E-state index is 0.0235. The first-order chi connectivity index (χ1) is 10.5. The number of hydrogen-bond acceptors (Lipinski definition) is 2. The fraction of sp³-hybridized carbons (Fsp3) is 0.412. The smallest absolute Gasteiger partial charge is 0.262 e. The zero-order valence-corrected chi connectivity index (χ0v) is 12.4. The summed E-state index contributed by atoms with van der Waals surface area (Å²) in [5.74, 6) is -1.48. The second kappa shape index (κ2) is 7.17. The molecule has 0 spiro atoms. The zero-order chi connectivity index (χ0) is 16.1. The third-order valence-corrected chi connectivity index (χ3v) is 4.05. The van der Waals surface area contributed by atoms with Crippen molar-refractivity contribution in [3.05, 3.63) is 41.0 Å². The Kier molecular flexibility index (Phi) is 5.26. The van der Waals surface area contributed by atoms with Gasteiger partial charge in [-0.25, -0.2) is 8.78 Å². The molecule has 1 fully saturated rings. The highest BCUT2D eigenvalue weighted by Crippen LogP contribution is 2.24. The molecule has 0 heterocycles. The first kappa shape index (κ1) is 16.2. The summed E-state index contributed by atoms with van der Waals surface area (Å²) in [5.41, 5.74) is -0.328. The number of benzene rings is 1. The number of nitrogens with zero attached hydrogens (tertiary/aromatic N) is 1. The molecule has 22 heavy (non-hydrogen) atoms. The normalized spacial score (nSPS) is 22.0. The standard InChI is InChI=1S/C17H18F2N2O/c1-11-4-2-3-5-16(11)21-17(22)13(10-20)8-12-9-14(18)6-7-15(12)19/h6-9,11,16H,2-5H2,1H3,(H,21,22)/b13-8+/t11-,16+/m1/s1. The Morgan fingerprint density at radius 1 is 1.36 bits per heavy atom. The minimum atomic E-state index is -0.673. The summed E-state index contributed by atoms with van der Waals surface area (Å²) in [4.78, 5) is 12.2. The van der Waals surface area contributed by atoms with E-state index in [-0.39, 0.29) is 17.2 Å². The van der Waals surface area contributed by atoms with E-state index in [0.717, 1.165) is 50.0 Å². The lowest BCUT2D eigenvalue weighted by Gasteiger charge is -2.29. The topological polar surface area (TPSA) is 52.9 Å². The minimum Gasteiger partial charge on any atom is -0.348 e. The summed E-state index contributed by atoms with van der Waals surface area (Å²) >= 11 is 0. The van der Waals surface area contributed by atoms with Crippen LogP contribution in [0.1, 0.15) is 38.2 Å². The van der Waals surface area contributed by atoms with Gasteiger partial charge in [-0.05, 0) is 43.0 Å². The van der Waals surface area contributed by atoms with Crippen LogP contribution in [0.3, 0.4) is 0 Å². The third-order valence-electron chi connectivity index (χ3n) is 4.05. The maximum Gasteiger partial charge on any atom is 0.262 e. The number of hydrogen-bond donors (Lipinski definition) is 1. The molecule has 1 aliphatic carbocycles. The van der Waals surface area contributed by atoms with Crippen LogP contribution in [0.4, 0.5) is 8.78 Å². The molecule has 3 nitrogen and oxygen atoms in total. The second-order valence-corrected chi connectivity index (χ2v) is 5.68. The van der Waals surface area contributed by atoms with E-state index < -0.39 is 17.5 Å². The molecule has 0 bridgehead atoms. The molecular formula is C17H18F2N2O. The van der Waals surface area contributed by atoms with Gasteiger partial charge >= 0.3 is 0 Å². The van der Waals surface area contributed by atoms with Gasteiger partial charge in [0, 0.05) is 11.6 Å². The molecule has 0 radical (unpaired) electrons. The number of amides is 1. The predicted molar refractivity (Wildman–Crippen MR) is 79.5 cm³/mol. The summed E-state index contributed by atoms with van der Waals surface area (Å²) in [6.07, 6.45) is 5.18. The number of rotatable bonds is 3. The van der Waals surface area contributed by atoms with Crippen LogP contribution in [-0.4, -0.2) is 11.9 Å². The summed E-state index contributed by atoms with van der Waals surface area (Å²) in [6, 6.07) is 4.70. The average molecular weight is 304 g/mol. The van der Waals surface area contributed by atoms with Crippen molar-refractivity contribution in [2.75, 3.05) is 0 Å². The van der Waals surface area contributed by atoms with Crippen LogP contribution < -0.4 is 5.32 Å².